The highest BCUT2D eigenvalue weighted by Gasteiger charge is 2.19. The molecule has 0 saturated carbocycles. The van der Waals surface area contributed by atoms with Crippen LogP contribution in [-0.4, -0.2) is 27.2 Å². The van der Waals surface area contributed by atoms with Crippen molar-refractivity contribution in [2.24, 2.45) is 0 Å². The number of hydrogen-bond acceptors (Lipinski definition) is 6. The van der Waals surface area contributed by atoms with E-state index in [-0.39, 0.29) is 29.2 Å². The molecule has 168 valence electrons. The van der Waals surface area contributed by atoms with E-state index in [0.29, 0.717) is 18.1 Å². The number of nitrogens with zero attached hydrogens (tertiary/aromatic N) is 3. The molecule has 0 bridgehead atoms. The Bertz CT molecular complexity index is 1100. The number of hydrogen-bond donors (Lipinski definition) is 1. The van der Waals surface area contributed by atoms with Crippen LogP contribution in [0.4, 0.5) is 11.4 Å². The summed E-state index contributed by atoms with van der Waals surface area (Å²) in [5.74, 6) is 0.476. The molecule has 9 heteroatoms. The Hall–Kier alpha value is -3.88. The SMILES string of the molecule is CCOc1ccc(NC(=O)c2ccn(COc3ccc(C(C)(C)C)cc3)n2)c([N+](=O)[O-])c1. The van der Waals surface area contributed by atoms with Gasteiger partial charge in [-0.15, -0.1) is 0 Å². The van der Waals surface area contributed by atoms with Crippen molar-refractivity contribution in [2.45, 2.75) is 39.8 Å². The Labute approximate surface area is 186 Å². The Morgan fingerprint density at radius 2 is 1.78 bits per heavy atom. The third kappa shape index (κ3) is 5.63. The molecule has 0 saturated heterocycles. The number of aromatic nitrogens is 2. The predicted molar refractivity (Wildman–Crippen MR) is 120 cm³/mol. The number of nitro benzene ring substituents is 1. The van der Waals surface area contributed by atoms with Gasteiger partial charge in [0.15, 0.2) is 12.4 Å². The van der Waals surface area contributed by atoms with Crippen molar-refractivity contribution in [1.29, 1.82) is 0 Å². The summed E-state index contributed by atoms with van der Waals surface area (Å²) in [5, 5.41) is 18.1. The van der Waals surface area contributed by atoms with Gasteiger partial charge < -0.3 is 14.8 Å². The summed E-state index contributed by atoms with van der Waals surface area (Å²) in [4.78, 5) is 23.3. The van der Waals surface area contributed by atoms with Crippen molar-refractivity contribution in [3.63, 3.8) is 0 Å². The van der Waals surface area contributed by atoms with Gasteiger partial charge in [0, 0.05) is 6.20 Å². The van der Waals surface area contributed by atoms with Gasteiger partial charge in [-0.3, -0.25) is 14.9 Å². The molecular formula is C23H26N4O5. The van der Waals surface area contributed by atoms with E-state index in [9.17, 15) is 14.9 Å². The minimum atomic E-state index is -0.574. The lowest BCUT2D eigenvalue weighted by Gasteiger charge is -2.19. The van der Waals surface area contributed by atoms with Crippen LogP contribution >= 0.6 is 0 Å². The number of nitro groups is 1. The maximum atomic E-state index is 12.5. The molecule has 0 unspecified atom stereocenters. The number of ether oxygens (including phenoxy) is 2. The molecule has 0 aliphatic rings. The first-order chi connectivity index (χ1) is 15.2. The molecule has 0 radical (unpaired) electrons. The van der Waals surface area contributed by atoms with Gasteiger partial charge in [-0.1, -0.05) is 32.9 Å². The summed E-state index contributed by atoms with van der Waals surface area (Å²) < 4.78 is 12.5. The largest absolute Gasteiger partial charge is 0.494 e. The van der Waals surface area contributed by atoms with Crippen molar-refractivity contribution in [2.75, 3.05) is 11.9 Å². The fourth-order valence-corrected chi connectivity index (χ4v) is 2.96. The maximum Gasteiger partial charge on any atom is 0.296 e. The highest BCUT2D eigenvalue weighted by atomic mass is 16.6. The van der Waals surface area contributed by atoms with Crippen LogP contribution in [0.1, 0.15) is 43.7 Å². The van der Waals surface area contributed by atoms with Crippen molar-refractivity contribution >= 4 is 17.3 Å². The minimum Gasteiger partial charge on any atom is -0.494 e. The van der Waals surface area contributed by atoms with Crippen LogP contribution < -0.4 is 14.8 Å². The Kier molecular flexibility index (Phi) is 6.77. The second-order valence-corrected chi connectivity index (χ2v) is 8.11. The lowest BCUT2D eigenvalue weighted by molar-refractivity contribution is -0.384. The van der Waals surface area contributed by atoms with Gasteiger partial charge in [0.25, 0.3) is 11.6 Å². The number of carbonyl (C=O) groups excluding carboxylic acids is 1. The summed E-state index contributed by atoms with van der Waals surface area (Å²) in [6.07, 6.45) is 1.60. The number of nitrogens with one attached hydrogen (secondary N) is 1. The van der Waals surface area contributed by atoms with E-state index in [1.807, 2.05) is 24.3 Å². The number of anilines is 1. The van der Waals surface area contributed by atoms with Gasteiger partial charge in [-0.05, 0) is 48.2 Å². The van der Waals surface area contributed by atoms with E-state index in [2.05, 4.69) is 31.2 Å². The van der Waals surface area contributed by atoms with E-state index < -0.39 is 10.8 Å². The summed E-state index contributed by atoms with van der Waals surface area (Å²) >= 11 is 0. The molecule has 3 aromatic rings. The van der Waals surface area contributed by atoms with Gasteiger partial charge >= 0.3 is 0 Å². The van der Waals surface area contributed by atoms with Crippen molar-refractivity contribution < 1.29 is 19.2 Å². The summed E-state index contributed by atoms with van der Waals surface area (Å²) in [7, 11) is 0. The van der Waals surface area contributed by atoms with E-state index in [1.54, 1.807) is 19.2 Å². The molecular weight excluding hydrogens is 412 g/mol. The zero-order valence-electron chi connectivity index (χ0n) is 18.5. The quantitative estimate of drug-likeness (QED) is 0.401. The van der Waals surface area contributed by atoms with Crippen LogP contribution in [0.5, 0.6) is 11.5 Å². The van der Waals surface area contributed by atoms with Crippen molar-refractivity contribution in [3.05, 3.63) is 76.1 Å². The van der Waals surface area contributed by atoms with Crippen molar-refractivity contribution in [1.82, 2.24) is 9.78 Å². The first kappa shape index (κ1) is 22.8. The van der Waals surface area contributed by atoms with Gasteiger partial charge in [0.2, 0.25) is 0 Å². The molecule has 0 aliphatic carbocycles. The van der Waals surface area contributed by atoms with Gasteiger partial charge in [-0.2, -0.15) is 5.10 Å². The van der Waals surface area contributed by atoms with Crippen LogP contribution in [0, 0.1) is 10.1 Å². The molecule has 1 heterocycles. The fourth-order valence-electron chi connectivity index (χ4n) is 2.96. The summed E-state index contributed by atoms with van der Waals surface area (Å²) in [5.41, 5.74) is 1.17. The van der Waals surface area contributed by atoms with Gasteiger partial charge in [-0.25, -0.2) is 4.68 Å². The highest BCUT2D eigenvalue weighted by Crippen LogP contribution is 2.29. The second kappa shape index (κ2) is 9.51. The minimum absolute atomic E-state index is 0.0567. The van der Waals surface area contributed by atoms with Crippen molar-refractivity contribution in [3.8, 4) is 11.5 Å². The number of benzene rings is 2. The van der Waals surface area contributed by atoms with E-state index >= 15 is 0 Å². The molecule has 0 spiro atoms. The molecule has 32 heavy (non-hydrogen) atoms. The van der Waals surface area contributed by atoms with E-state index in [0.717, 1.165) is 0 Å². The first-order valence-corrected chi connectivity index (χ1v) is 10.2. The molecule has 1 aromatic heterocycles. The summed E-state index contributed by atoms with van der Waals surface area (Å²) in [6, 6.07) is 13.6. The van der Waals surface area contributed by atoms with E-state index in [1.165, 1.54) is 28.4 Å². The molecule has 3 rings (SSSR count). The van der Waals surface area contributed by atoms with Gasteiger partial charge in [0.05, 0.1) is 17.6 Å². The van der Waals surface area contributed by atoms with E-state index in [4.69, 9.17) is 9.47 Å². The smallest absolute Gasteiger partial charge is 0.296 e. The zero-order valence-corrected chi connectivity index (χ0v) is 18.5. The Morgan fingerprint density at radius 3 is 2.41 bits per heavy atom. The average molecular weight is 438 g/mol. The third-order valence-electron chi connectivity index (χ3n) is 4.68. The molecule has 0 fully saturated rings. The fraction of sp³-hybridized carbons (Fsp3) is 0.304. The monoisotopic (exact) mass is 438 g/mol. The molecule has 0 atom stereocenters. The third-order valence-corrected chi connectivity index (χ3v) is 4.68. The predicted octanol–water partition coefficient (Wildman–Crippen LogP) is 4.78. The molecule has 2 aromatic carbocycles. The Morgan fingerprint density at radius 1 is 1.09 bits per heavy atom. The molecule has 1 amide bonds. The maximum absolute atomic E-state index is 12.5. The molecule has 0 aliphatic heterocycles. The highest BCUT2D eigenvalue weighted by molar-refractivity contribution is 6.04. The van der Waals surface area contributed by atoms with Crippen LogP contribution in [0.2, 0.25) is 0 Å². The van der Waals surface area contributed by atoms with Crippen LogP contribution in [0.3, 0.4) is 0 Å². The normalized spacial score (nSPS) is 11.1. The molecule has 9 nitrogen and oxygen atoms in total. The zero-order chi connectivity index (χ0) is 23.3. The van der Waals surface area contributed by atoms with Crippen LogP contribution in [-0.2, 0) is 12.1 Å². The number of carbonyl (C=O) groups is 1. The standard InChI is InChI=1S/C23H26N4O5/c1-5-31-18-10-11-19(21(14-18)27(29)30)24-22(28)20-12-13-26(25-20)15-32-17-8-6-16(7-9-17)23(2,3)4/h6-14H,5,15H2,1-4H3,(H,24,28). The second-order valence-electron chi connectivity index (χ2n) is 8.11. The average Bonchev–Trinajstić information content (AvgIpc) is 3.22. The topological polar surface area (TPSA) is 109 Å². The Balaban J connectivity index is 1.64. The van der Waals surface area contributed by atoms with Gasteiger partial charge in [0.1, 0.15) is 17.2 Å². The summed E-state index contributed by atoms with van der Waals surface area (Å²) in [6.45, 7) is 8.69. The lowest BCUT2D eigenvalue weighted by Crippen LogP contribution is -2.15. The molecule has 1 N–H and O–H groups in total. The number of rotatable bonds is 8. The van der Waals surface area contributed by atoms with Crippen LogP contribution in [0.25, 0.3) is 0 Å². The first-order valence-electron chi connectivity index (χ1n) is 10.2. The lowest BCUT2D eigenvalue weighted by atomic mass is 9.87. The van der Waals surface area contributed by atoms with Crippen LogP contribution in [0.15, 0.2) is 54.7 Å². The number of amides is 1.